The number of amides is 1. The highest BCUT2D eigenvalue weighted by atomic mass is 35.5. The lowest BCUT2D eigenvalue weighted by atomic mass is 10.0. The standard InChI is InChI=1S/C15H16Cl2N2O3S/c1-2-23(21,22)19-8-11-6-18(7-12(11)9-19)15(20)10-3-4-13(16)14(17)5-10/h2-5,11-12H,1,6-9H2. The molecule has 5 nitrogen and oxygen atoms in total. The Kier molecular flexibility index (Phi) is 4.44. The van der Waals surface area contributed by atoms with Gasteiger partial charge in [-0.15, -0.1) is 0 Å². The highest BCUT2D eigenvalue weighted by molar-refractivity contribution is 7.92. The number of hydrogen-bond donors (Lipinski definition) is 0. The van der Waals surface area contributed by atoms with Gasteiger partial charge in [-0.1, -0.05) is 29.8 Å². The first-order valence-electron chi connectivity index (χ1n) is 7.18. The van der Waals surface area contributed by atoms with Gasteiger partial charge in [-0.05, 0) is 30.0 Å². The summed E-state index contributed by atoms with van der Waals surface area (Å²) in [6, 6.07) is 4.82. The highest BCUT2D eigenvalue weighted by Gasteiger charge is 2.44. The topological polar surface area (TPSA) is 57.7 Å². The number of likely N-dealkylation sites (tertiary alicyclic amines) is 1. The number of nitrogens with zero attached hydrogens (tertiary/aromatic N) is 2. The average molecular weight is 375 g/mol. The summed E-state index contributed by atoms with van der Waals surface area (Å²) in [4.78, 5) is 14.3. The number of halogens is 2. The van der Waals surface area contributed by atoms with E-state index in [1.165, 1.54) is 4.31 Å². The molecule has 0 bridgehead atoms. The minimum Gasteiger partial charge on any atom is -0.338 e. The molecule has 1 aromatic carbocycles. The van der Waals surface area contributed by atoms with Crippen LogP contribution in [-0.4, -0.2) is 49.7 Å². The molecule has 2 aliphatic heterocycles. The predicted octanol–water partition coefficient (Wildman–Crippen LogP) is 2.47. The van der Waals surface area contributed by atoms with Crippen LogP contribution in [0.25, 0.3) is 0 Å². The fraction of sp³-hybridized carbons (Fsp3) is 0.400. The minimum atomic E-state index is -3.38. The molecule has 124 valence electrons. The van der Waals surface area contributed by atoms with Gasteiger partial charge in [0.05, 0.1) is 10.0 Å². The lowest BCUT2D eigenvalue weighted by Crippen LogP contribution is -2.34. The summed E-state index contributed by atoms with van der Waals surface area (Å²) in [6.45, 7) is 5.32. The zero-order chi connectivity index (χ0) is 16.8. The van der Waals surface area contributed by atoms with Gasteiger partial charge in [-0.3, -0.25) is 4.79 Å². The maximum absolute atomic E-state index is 12.6. The van der Waals surface area contributed by atoms with Crippen molar-refractivity contribution in [2.75, 3.05) is 26.2 Å². The zero-order valence-corrected chi connectivity index (χ0v) is 14.6. The molecule has 0 saturated carbocycles. The van der Waals surface area contributed by atoms with Crippen LogP contribution in [-0.2, 0) is 10.0 Å². The van der Waals surface area contributed by atoms with Gasteiger partial charge >= 0.3 is 0 Å². The van der Waals surface area contributed by atoms with Gasteiger partial charge in [0, 0.05) is 37.2 Å². The Balaban J connectivity index is 1.69. The van der Waals surface area contributed by atoms with Gasteiger partial charge in [0.25, 0.3) is 5.91 Å². The number of fused-ring (bicyclic) bond motifs is 1. The van der Waals surface area contributed by atoms with Crippen molar-refractivity contribution in [2.24, 2.45) is 11.8 Å². The maximum Gasteiger partial charge on any atom is 0.253 e. The average Bonchev–Trinajstić information content (AvgIpc) is 3.08. The Hall–Kier alpha value is -1.08. The molecule has 8 heteroatoms. The van der Waals surface area contributed by atoms with E-state index in [0.717, 1.165) is 5.41 Å². The van der Waals surface area contributed by atoms with Crippen LogP contribution < -0.4 is 0 Å². The van der Waals surface area contributed by atoms with Crippen LogP contribution in [0.2, 0.25) is 10.0 Å². The van der Waals surface area contributed by atoms with Crippen LogP contribution in [0.5, 0.6) is 0 Å². The fourth-order valence-electron chi connectivity index (χ4n) is 3.24. The third kappa shape index (κ3) is 3.13. The van der Waals surface area contributed by atoms with Gasteiger partial charge in [-0.25, -0.2) is 8.42 Å². The van der Waals surface area contributed by atoms with Crippen LogP contribution in [0.3, 0.4) is 0 Å². The second-order valence-corrected chi connectivity index (χ2v) is 8.58. The molecule has 0 aliphatic carbocycles. The number of carbonyl (C=O) groups is 1. The summed E-state index contributed by atoms with van der Waals surface area (Å²) < 4.78 is 25.1. The van der Waals surface area contributed by atoms with E-state index in [0.29, 0.717) is 41.8 Å². The molecule has 0 radical (unpaired) electrons. The molecule has 2 unspecified atom stereocenters. The Bertz CT molecular complexity index is 752. The van der Waals surface area contributed by atoms with Crippen LogP contribution >= 0.6 is 23.2 Å². The molecule has 2 aliphatic rings. The number of benzene rings is 1. The first kappa shape index (κ1) is 16.8. The Morgan fingerprint density at radius 3 is 2.26 bits per heavy atom. The van der Waals surface area contributed by atoms with Crippen molar-refractivity contribution in [3.63, 3.8) is 0 Å². The minimum absolute atomic E-state index is 0.101. The number of sulfonamides is 1. The van der Waals surface area contributed by atoms with Crippen molar-refractivity contribution in [2.45, 2.75) is 0 Å². The van der Waals surface area contributed by atoms with E-state index < -0.39 is 10.0 Å². The highest BCUT2D eigenvalue weighted by Crippen LogP contribution is 2.34. The van der Waals surface area contributed by atoms with Crippen LogP contribution in [0.15, 0.2) is 30.2 Å². The number of rotatable bonds is 3. The van der Waals surface area contributed by atoms with Gasteiger partial charge < -0.3 is 4.90 Å². The van der Waals surface area contributed by atoms with Gasteiger partial charge in [-0.2, -0.15) is 4.31 Å². The molecule has 0 aromatic heterocycles. The van der Waals surface area contributed by atoms with E-state index in [9.17, 15) is 13.2 Å². The van der Waals surface area contributed by atoms with Crippen molar-refractivity contribution in [1.82, 2.24) is 9.21 Å². The third-order valence-corrected chi connectivity index (χ3v) is 6.66. The molecule has 0 N–H and O–H groups in total. The summed E-state index contributed by atoms with van der Waals surface area (Å²) in [7, 11) is -3.38. The van der Waals surface area contributed by atoms with E-state index in [1.54, 1.807) is 23.1 Å². The van der Waals surface area contributed by atoms with Crippen molar-refractivity contribution in [1.29, 1.82) is 0 Å². The Labute approximate surface area is 145 Å². The first-order chi connectivity index (χ1) is 10.8. The van der Waals surface area contributed by atoms with Crippen LogP contribution in [0.4, 0.5) is 0 Å². The van der Waals surface area contributed by atoms with E-state index in [2.05, 4.69) is 6.58 Å². The summed E-state index contributed by atoms with van der Waals surface area (Å²) in [5.41, 5.74) is 0.495. The maximum atomic E-state index is 12.6. The van der Waals surface area contributed by atoms with E-state index in [4.69, 9.17) is 23.2 Å². The SMILES string of the molecule is C=CS(=O)(=O)N1CC2CN(C(=O)c3ccc(Cl)c(Cl)c3)CC2C1. The molecule has 2 atom stereocenters. The number of carbonyl (C=O) groups excluding carboxylic acids is 1. The van der Waals surface area contributed by atoms with E-state index in [-0.39, 0.29) is 17.7 Å². The molecule has 0 spiro atoms. The van der Waals surface area contributed by atoms with Crippen molar-refractivity contribution < 1.29 is 13.2 Å². The molecule has 1 amide bonds. The lowest BCUT2D eigenvalue weighted by molar-refractivity contribution is 0.0779. The van der Waals surface area contributed by atoms with Crippen molar-refractivity contribution in [3.8, 4) is 0 Å². The fourth-order valence-corrected chi connectivity index (χ4v) is 4.55. The van der Waals surface area contributed by atoms with E-state index >= 15 is 0 Å². The Morgan fingerprint density at radius 1 is 1.13 bits per heavy atom. The normalized spacial score (nSPS) is 24.7. The van der Waals surface area contributed by atoms with Gasteiger partial charge in [0.15, 0.2) is 0 Å². The van der Waals surface area contributed by atoms with Crippen molar-refractivity contribution in [3.05, 3.63) is 45.8 Å². The van der Waals surface area contributed by atoms with E-state index in [1.807, 2.05) is 0 Å². The summed E-state index contributed by atoms with van der Waals surface area (Å²) >= 11 is 11.8. The third-order valence-electron chi connectivity index (χ3n) is 4.48. The number of hydrogen-bond acceptors (Lipinski definition) is 3. The predicted molar refractivity (Wildman–Crippen MR) is 90.0 cm³/mol. The molecule has 23 heavy (non-hydrogen) atoms. The second-order valence-electron chi connectivity index (χ2n) is 5.89. The summed E-state index contributed by atoms with van der Waals surface area (Å²) in [6.07, 6.45) is 0. The monoisotopic (exact) mass is 374 g/mol. The Morgan fingerprint density at radius 2 is 1.74 bits per heavy atom. The summed E-state index contributed by atoms with van der Waals surface area (Å²) in [5.74, 6) is 0.226. The molecule has 1 aromatic rings. The van der Waals surface area contributed by atoms with Crippen LogP contribution in [0.1, 0.15) is 10.4 Å². The van der Waals surface area contributed by atoms with Gasteiger partial charge in [0.2, 0.25) is 10.0 Å². The molecular formula is C15H16Cl2N2O3S. The summed E-state index contributed by atoms with van der Waals surface area (Å²) in [5, 5.41) is 1.74. The smallest absolute Gasteiger partial charge is 0.253 e. The largest absolute Gasteiger partial charge is 0.338 e. The molecule has 2 saturated heterocycles. The molecule has 2 heterocycles. The van der Waals surface area contributed by atoms with Gasteiger partial charge in [0.1, 0.15) is 0 Å². The van der Waals surface area contributed by atoms with Crippen molar-refractivity contribution >= 4 is 39.1 Å². The molecule has 3 rings (SSSR count). The lowest BCUT2D eigenvalue weighted by Gasteiger charge is -2.20. The first-order valence-corrected chi connectivity index (χ1v) is 9.44. The quantitative estimate of drug-likeness (QED) is 0.816. The second kappa shape index (κ2) is 6.09. The van der Waals surface area contributed by atoms with Crippen LogP contribution in [0, 0.1) is 11.8 Å². The molecule has 2 fully saturated rings. The zero-order valence-electron chi connectivity index (χ0n) is 12.3. The molecular weight excluding hydrogens is 359 g/mol.